The predicted molar refractivity (Wildman–Crippen MR) is 121 cm³/mol. The molecule has 0 spiro atoms. The van der Waals surface area contributed by atoms with Crippen LogP contribution in [0.5, 0.6) is 5.75 Å². The first-order valence-corrected chi connectivity index (χ1v) is 10.9. The zero-order chi connectivity index (χ0) is 25.8. The Balaban J connectivity index is 1.64. The number of carbonyl (C=O) groups is 2. The summed E-state index contributed by atoms with van der Waals surface area (Å²) in [6, 6.07) is 5.40. The average molecular weight is 524 g/mol. The molecule has 2 aliphatic rings. The third kappa shape index (κ3) is 4.19. The molecule has 0 radical (unpaired) electrons. The average Bonchev–Trinajstić information content (AvgIpc) is 3.17. The fourth-order valence-corrected chi connectivity index (χ4v) is 4.49. The molecule has 12 heteroatoms. The molecule has 2 heterocycles. The number of nitrogens with one attached hydrogen (secondary N) is 3. The van der Waals surface area contributed by atoms with Gasteiger partial charge in [-0.2, -0.15) is 13.2 Å². The van der Waals surface area contributed by atoms with Crippen LogP contribution in [0.3, 0.4) is 0 Å². The number of carbonyl (C=O) groups excluding carboxylic acids is 2. The van der Waals surface area contributed by atoms with Gasteiger partial charge in [0.1, 0.15) is 24.0 Å². The van der Waals surface area contributed by atoms with Crippen LogP contribution >= 0.6 is 11.6 Å². The molecule has 0 bridgehead atoms. The Bertz CT molecular complexity index is 1430. The van der Waals surface area contributed by atoms with Gasteiger partial charge in [-0.3, -0.25) is 9.59 Å². The Morgan fingerprint density at radius 3 is 2.61 bits per heavy atom. The van der Waals surface area contributed by atoms with E-state index in [9.17, 15) is 31.5 Å². The molecular formula is C24H15ClF5N3O3. The molecular weight excluding hydrogens is 509 g/mol. The summed E-state index contributed by atoms with van der Waals surface area (Å²) < 4.78 is 73.0. The highest BCUT2D eigenvalue weighted by molar-refractivity contribution is 6.31. The molecule has 3 aromatic rings. The van der Waals surface area contributed by atoms with Crippen molar-refractivity contribution >= 4 is 34.8 Å². The van der Waals surface area contributed by atoms with Crippen LogP contribution in [0.4, 0.5) is 33.3 Å². The first-order chi connectivity index (χ1) is 17.0. The van der Waals surface area contributed by atoms with Gasteiger partial charge in [0.25, 0.3) is 11.8 Å². The van der Waals surface area contributed by atoms with Crippen LogP contribution in [-0.4, -0.2) is 25.0 Å². The van der Waals surface area contributed by atoms with Crippen LogP contribution in [0.25, 0.3) is 0 Å². The van der Waals surface area contributed by atoms with E-state index in [1.165, 1.54) is 12.1 Å². The minimum Gasteiger partial charge on any atom is -0.489 e. The second-order valence-electron chi connectivity index (χ2n) is 8.11. The zero-order valence-electron chi connectivity index (χ0n) is 18.0. The van der Waals surface area contributed by atoms with Gasteiger partial charge in [0.05, 0.1) is 28.5 Å². The molecule has 0 fully saturated rings. The lowest BCUT2D eigenvalue weighted by Gasteiger charge is -2.24. The minimum absolute atomic E-state index is 0.000974. The van der Waals surface area contributed by atoms with Crippen molar-refractivity contribution < 1.29 is 36.3 Å². The number of amides is 2. The van der Waals surface area contributed by atoms with Gasteiger partial charge >= 0.3 is 6.18 Å². The van der Waals surface area contributed by atoms with Crippen molar-refractivity contribution in [3.63, 3.8) is 0 Å². The van der Waals surface area contributed by atoms with Crippen molar-refractivity contribution in [3.8, 4) is 5.75 Å². The highest BCUT2D eigenvalue weighted by Gasteiger charge is 2.39. The summed E-state index contributed by atoms with van der Waals surface area (Å²) in [5, 5.41) is 8.35. The fourth-order valence-electron chi connectivity index (χ4n) is 4.26. The van der Waals surface area contributed by atoms with Gasteiger partial charge in [0.15, 0.2) is 0 Å². The van der Waals surface area contributed by atoms with Gasteiger partial charge in [-0.25, -0.2) is 8.78 Å². The monoisotopic (exact) mass is 523 g/mol. The Hall–Kier alpha value is -3.86. The molecule has 6 nitrogen and oxygen atoms in total. The Labute approximate surface area is 205 Å². The molecule has 36 heavy (non-hydrogen) atoms. The summed E-state index contributed by atoms with van der Waals surface area (Å²) in [6.07, 6.45) is -4.88. The number of rotatable bonds is 3. The van der Waals surface area contributed by atoms with E-state index in [1.807, 2.05) is 0 Å². The standard InChI is InChI=1S/C24H15ClF5N3O3/c25-15-2-1-12(26)8-14(15)20-18-16(9-17-21(31-3-4-36-17)19(18)23(35)33-20)32-22(34)10-5-11(24(28,29)30)7-13(27)6-10/h1-2,5-9,20,31H,3-4H2,(H,32,34)(H,33,35). The molecule has 0 saturated carbocycles. The summed E-state index contributed by atoms with van der Waals surface area (Å²) in [4.78, 5) is 26.0. The van der Waals surface area contributed by atoms with Crippen LogP contribution < -0.4 is 20.7 Å². The Morgan fingerprint density at radius 2 is 1.86 bits per heavy atom. The van der Waals surface area contributed by atoms with E-state index in [0.29, 0.717) is 24.4 Å². The van der Waals surface area contributed by atoms with E-state index in [2.05, 4.69) is 16.0 Å². The highest BCUT2D eigenvalue weighted by atomic mass is 35.5. The van der Waals surface area contributed by atoms with Gasteiger partial charge in [-0.05, 0) is 36.4 Å². The normalized spacial score (nSPS) is 16.4. The quantitative estimate of drug-likeness (QED) is 0.395. The summed E-state index contributed by atoms with van der Waals surface area (Å²) in [5.41, 5.74) is -1.09. The number of fused-ring (bicyclic) bond motifs is 3. The van der Waals surface area contributed by atoms with Crippen LogP contribution in [0.1, 0.15) is 43.4 Å². The number of ether oxygens (including phenoxy) is 1. The van der Waals surface area contributed by atoms with Crippen LogP contribution in [-0.2, 0) is 6.18 Å². The van der Waals surface area contributed by atoms with Gasteiger partial charge in [-0.15, -0.1) is 0 Å². The Kier molecular flexibility index (Phi) is 5.74. The Morgan fingerprint density at radius 1 is 1.08 bits per heavy atom. The lowest BCUT2D eigenvalue weighted by molar-refractivity contribution is -0.137. The summed E-state index contributed by atoms with van der Waals surface area (Å²) in [7, 11) is 0. The molecule has 2 aliphatic heterocycles. The maximum atomic E-state index is 14.1. The smallest absolute Gasteiger partial charge is 0.416 e. The van der Waals surface area contributed by atoms with E-state index in [-0.39, 0.29) is 45.8 Å². The third-order valence-corrected chi connectivity index (χ3v) is 6.13. The molecule has 5 rings (SSSR count). The first-order valence-electron chi connectivity index (χ1n) is 10.6. The van der Waals surface area contributed by atoms with Gasteiger partial charge in [-0.1, -0.05) is 11.6 Å². The summed E-state index contributed by atoms with van der Waals surface area (Å²) >= 11 is 6.27. The van der Waals surface area contributed by atoms with E-state index in [0.717, 1.165) is 12.1 Å². The highest BCUT2D eigenvalue weighted by Crippen LogP contribution is 2.47. The molecule has 0 aromatic heterocycles. The SMILES string of the molecule is O=C(Nc1cc2c(c3c1C(c1cc(F)ccc1Cl)NC3=O)NCCO2)c1cc(F)cc(C(F)(F)F)c1. The molecule has 3 aromatic carbocycles. The van der Waals surface area contributed by atoms with Gasteiger partial charge < -0.3 is 20.7 Å². The maximum Gasteiger partial charge on any atom is 0.416 e. The number of benzene rings is 3. The lowest BCUT2D eigenvalue weighted by Crippen LogP contribution is -2.22. The fraction of sp³-hybridized carbons (Fsp3) is 0.167. The second-order valence-corrected chi connectivity index (χ2v) is 8.52. The van der Waals surface area contributed by atoms with Gasteiger partial charge in [0, 0.05) is 34.3 Å². The van der Waals surface area contributed by atoms with Crippen molar-refractivity contribution in [2.45, 2.75) is 12.2 Å². The third-order valence-electron chi connectivity index (χ3n) is 5.79. The van der Waals surface area contributed by atoms with Crippen molar-refractivity contribution in [2.24, 2.45) is 0 Å². The zero-order valence-corrected chi connectivity index (χ0v) is 18.8. The molecule has 1 unspecified atom stereocenters. The van der Waals surface area contributed by atoms with Crippen molar-refractivity contribution in [1.82, 2.24) is 5.32 Å². The first kappa shape index (κ1) is 23.9. The van der Waals surface area contributed by atoms with Crippen molar-refractivity contribution in [2.75, 3.05) is 23.8 Å². The minimum atomic E-state index is -4.88. The predicted octanol–water partition coefficient (Wildman–Crippen LogP) is 5.53. The van der Waals surface area contributed by atoms with Crippen LogP contribution in [0.15, 0.2) is 42.5 Å². The number of hydrogen-bond acceptors (Lipinski definition) is 4. The maximum absolute atomic E-state index is 14.1. The van der Waals surface area contributed by atoms with Crippen LogP contribution in [0.2, 0.25) is 5.02 Å². The van der Waals surface area contributed by atoms with E-state index in [4.69, 9.17) is 16.3 Å². The van der Waals surface area contributed by atoms with E-state index in [1.54, 1.807) is 0 Å². The molecule has 2 amide bonds. The lowest BCUT2D eigenvalue weighted by atomic mass is 9.94. The van der Waals surface area contributed by atoms with E-state index < -0.39 is 46.8 Å². The second kappa shape index (κ2) is 8.66. The van der Waals surface area contributed by atoms with Crippen molar-refractivity contribution in [3.05, 3.63) is 86.9 Å². The summed E-state index contributed by atoms with van der Waals surface area (Å²) in [6.45, 7) is 0.631. The summed E-state index contributed by atoms with van der Waals surface area (Å²) in [5.74, 6) is -3.28. The number of alkyl halides is 3. The molecule has 0 aliphatic carbocycles. The number of halogens is 6. The molecule has 3 N–H and O–H groups in total. The number of anilines is 2. The molecule has 186 valence electrons. The van der Waals surface area contributed by atoms with Crippen molar-refractivity contribution in [1.29, 1.82) is 0 Å². The molecule has 1 atom stereocenters. The molecule has 0 saturated heterocycles. The van der Waals surface area contributed by atoms with E-state index >= 15 is 0 Å². The largest absolute Gasteiger partial charge is 0.489 e. The van der Waals surface area contributed by atoms with Crippen LogP contribution in [0, 0.1) is 11.6 Å². The topological polar surface area (TPSA) is 79.5 Å². The number of hydrogen-bond donors (Lipinski definition) is 3. The van der Waals surface area contributed by atoms with Gasteiger partial charge in [0.2, 0.25) is 0 Å².